The third-order valence-electron chi connectivity index (χ3n) is 4.32. The Morgan fingerprint density at radius 1 is 0.800 bits per heavy atom. The Labute approximate surface area is 196 Å². The van der Waals surface area contributed by atoms with Crippen molar-refractivity contribution in [2.75, 3.05) is 0 Å². The van der Waals surface area contributed by atoms with Crippen LogP contribution in [0.2, 0.25) is 20.1 Å². The molecule has 0 saturated heterocycles. The first kappa shape index (κ1) is 21.5. The van der Waals surface area contributed by atoms with E-state index < -0.39 is 0 Å². The predicted octanol–water partition coefficient (Wildman–Crippen LogP) is 7.98. The van der Waals surface area contributed by atoms with Crippen molar-refractivity contribution in [2.24, 2.45) is 0 Å². The molecule has 0 aliphatic heterocycles. The molecule has 0 aliphatic carbocycles. The maximum Gasteiger partial charge on any atom is 0.196 e. The van der Waals surface area contributed by atoms with Gasteiger partial charge in [0.05, 0.1) is 20.8 Å². The van der Waals surface area contributed by atoms with Crippen molar-refractivity contribution in [3.05, 3.63) is 92.1 Å². The first-order valence-corrected chi connectivity index (χ1v) is 11.2. The van der Waals surface area contributed by atoms with Gasteiger partial charge >= 0.3 is 0 Å². The number of aromatic nitrogens is 3. The molecule has 0 N–H and O–H groups in total. The monoisotopic (exact) mass is 497 g/mol. The fraction of sp³-hybridized carbons (Fsp3) is 0.0476. The van der Waals surface area contributed by atoms with Crippen LogP contribution >= 0.6 is 58.2 Å². The highest BCUT2D eigenvalue weighted by Gasteiger charge is 2.19. The van der Waals surface area contributed by atoms with Gasteiger partial charge < -0.3 is 0 Å². The fourth-order valence-corrected chi connectivity index (χ4v) is 4.65. The smallest absolute Gasteiger partial charge is 0.196 e. The van der Waals surface area contributed by atoms with Crippen molar-refractivity contribution >= 4 is 58.2 Å². The van der Waals surface area contributed by atoms with Gasteiger partial charge in [-0.05, 0) is 42.5 Å². The fourth-order valence-electron chi connectivity index (χ4n) is 2.84. The van der Waals surface area contributed by atoms with Gasteiger partial charge in [-0.2, -0.15) is 0 Å². The SMILES string of the molecule is Fc1cccc(Cl)c1CSc1nnc(-c2ccccc2Cl)n1-c1ccc(Cl)c(Cl)c1. The maximum atomic E-state index is 14.2. The summed E-state index contributed by atoms with van der Waals surface area (Å²) in [6, 6.07) is 17.1. The minimum absolute atomic E-state index is 0.271. The minimum Gasteiger partial charge on any atom is -0.270 e. The third kappa shape index (κ3) is 4.32. The Morgan fingerprint density at radius 3 is 2.30 bits per heavy atom. The van der Waals surface area contributed by atoms with E-state index in [4.69, 9.17) is 46.4 Å². The van der Waals surface area contributed by atoms with Gasteiger partial charge in [-0.1, -0.05) is 76.4 Å². The van der Waals surface area contributed by atoms with Crippen LogP contribution in [-0.4, -0.2) is 14.8 Å². The summed E-state index contributed by atoms with van der Waals surface area (Å²) in [6.07, 6.45) is 0. The first-order chi connectivity index (χ1) is 14.5. The topological polar surface area (TPSA) is 30.7 Å². The molecule has 9 heteroatoms. The van der Waals surface area contributed by atoms with Gasteiger partial charge in [-0.25, -0.2) is 4.39 Å². The molecule has 0 bridgehead atoms. The van der Waals surface area contributed by atoms with E-state index >= 15 is 0 Å². The molecule has 0 amide bonds. The quantitative estimate of drug-likeness (QED) is 0.261. The van der Waals surface area contributed by atoms with Gasteiger partial charge in [0.1, 0.15) is 5.82 Å². The third-order valence-corrected chi connectivity index (χ3v) is 6.69. The van der Waals surface area contributed by atoms with Crippen molar-refractivity contribution in [1.82, 2.24) is 14.8 Å². The molecule has 30 heavy (non-hydrogen) atoms. The molecule has 0 aliphatic rings. The summed E-state index contributed by atoms with van der Waals surface area (Å²) < 4.78 is 16.0. The molecule has 3 nitrogen and oxygen atoms in total. The van der Waals surface area contributed by atoms with Crippen LogP contribution in [0.25, 0.3) is 17.1 Å². The van der Waals surface area contributed by atoms with Crippen LogP contribution in [0.15, 0.2) is 65.8 Å². The van der Waals surface area contributed by atoms with Gasteiger partial charge in [-0.3, -0.25) is 4.57 Å². The van der Waals surface area contributed by atoms with E-state index in [0.29, 0.717) is 47.9 Å². The second-order valence-corrected chi connectivity index (χ2v) is 8.78. The first-order valence-electron chi connectivity index (χ1n) is 8.67. The average Bonchev–Trinajstić information content (AvgIpc) is 3.14. The molecule has 0 unspecified atom stereocenters. The van der Waals surface area contributed by atoms with Crippen molar-refractivity contribution in [2.45, 2.75) is 10.9 Å². The van der Waals surface area contributed by atoms with Crippen LogP contribution in [-0.2, 0) is 5.75 Å². The largest absolute Gasteiger partial charge is 0.270 e. The standard InChI is InChI=1S/C21H12Cl4FN3S/c22-15-5-2-1-4-13(15)20-27-28-21(29(20)12-8-9-17(24)18(25)10-12)30-11-14-16(23)6-3-7-19(14)26/h1-10H,11H2. The highest BCUT2D eigenvalue weighted by Crippen LogP contribution is 2.35. The number of hydrogen-bond acceptors (Lipinski definition) is 3. The Kier molecular flexibility index (Phi) is 6.56. The molecular formula is C21H12Cl4FN3S. The van der Waals surface area contributed by atoms with Crippen molar-refractivity contribution < 1.29 is 4.39 Å². The molecule has 4 aromatic rings. The minimum atomic E-state index is -0.373. The Hall–Kier alpha value is -1.76. The van der Waals surface area contributed by atoms with E-state index in [0.717, 1.165) is 0 Å². The van der Waals surface area contributed by atoms with Gasteiger partial charge in [0.25, 0.3) is 0 Å². The van der Waals surface area contributed by atoms with E-state index in [1.54, 1.807) is 36.4 Å². The molecule has 0 atom stereocenters. The lowest BCUT2D eigenvalue weighted by Crippen LogP contribution is -2.01. The van der Waals surface area contributed by atoms with E-state index in [1.165, 1.54) is 17.8 Å². The van der Waals surface area contributed by atoms with Gasteiger partial charge in [0, 0.05) is 21.9 Å². The second kappa shape index (κ2) is 9.16. The van der Waals surface area contributed by atoms with Gasteiger partial charge in [-0.15, -0.1) is 10.2 Å². The molecule has 1 heterocycles. The van der Waals surface area contributed by atoms with Crippen molar-refractivity contribution in [1.29, 1.82) is 0 Å². The van der Waals surface area contributed by atoms with Crippen molar-refractivity contribution in [3.63, 3.8) is 0 Å². The van der Waals surface area contributed by atoms with E-state index in [1.807, 2.05) is 22.8 Å². The van der Waals surface area contributed by atoms with E-state index in [9.17, 15) is 4.39 Å². The van der Waals surface area contributed by atoms with Crippen LogP contribution in [0.4, 0.5) is 4.39 Å². The molecule has 0 saturated carbocycles. The Balaban J connectivity index is 1.81. The normalized spacial score (nSPS) is 11.1. The zero-order valence-electron chi connectivity index (χ0n) is 15.1. The second-order valence-electron chi connectivity index (χ2n) is 6.21. The predicted molar refractivity (Wildman–Crippen MR) is 123 cm³/mol. The lowest BCUT2D eigenvalue weighted by atomic mass is 10.2. The summed E-state index contributed by atoms with van der Waals surface area (Å²) in [7, 11) is 0. The Morgan fingerprint density at radius 2 is 1.57 bits per heavy atom. The summed E-state index contributed by atoms with van der Waals surface area (Å²) in [5.74, 6) is 0.427. The Bertz CT molecular complexity index is 1210. The molecule has 4 rings (SSSR count). The highest BCUT2D eigenvalue weighted by molar-refractivity contribution is 7.98. The van der Waals surface area contributed by atoms with Crippen LogP contribution in [0, 0.1) is 5.82 Å². The zero-order valence-corrected chi connectivity index (χ0v) is 19.0. The lowest BCUT2D eigenvalue weighted by molar-refractivity contribution is 0.617. The summed E-state index contributed by atoms with van der Waals surface area (Å²) in [5.41, 5.74) is 1.80. The van der Waals surface area contributed by atoms with Crippen LogP contribution in [0.3, 0.4) is 0 Å². The number of thioether (sulfide) groups is 1. The molecular weight excluding hydrogens is 487 g/mol. The summed E-state index contributed by atoms with van der Waals surface area (Å²) in [5, 5.41) is 10.9. The summed E-state index contributed by atoms with van der Waals surface area (Å²) in [4.78, 5) is 0. The molecule has 152 valence electrons. The number of rotatable bonds is 5. The van der Waals surface area contributed by atoms with Crippen LogP contribution in [0.5, 0.6) is 0 Å². The maximum absolute atomic E-state index is 14.2. The molecule has 0 radical (unpaired) electrons. The lowest BCUT2D eigenvalue weighted by Gasteiger charge is -2.12. The molecule has 0 fully saturated rings. The van der Waals surface area contributed by atoms with Gasteiger partial charge in [0.15, 0.2) is 11.0 Å². The van der Waals surface area contributed by atoms with Crippen LogP contribution < -0.4 is 0 Å². The van der Waals surface area contributed by atoms with E-state index in [-0.39, 0.29) is 11.6 Å². The molecule has 3 aromatic carbocycles. The molecule has 1 aromatic heterocycles. The van der Waals surface area contributed by atoms with E-state index in [2.05, 4.69) is 10.2 Å². The number of hydrogen-bond donors (Lipinski definition) is 0. The number of benzene rings is 3. The zero-order chi connectivity index (χ0) is 21.3. The highest BCUT2D eigenvalue weighted by atomic mass is 35.5. The number of halogens is 5. The molecule has 0 spiro atoms. The summed E-state index contributed by atoms with van der Waals surface area (Å²) >= 11 is 26.2. The summed E-state index contributed by atoms with van der Waals surface area (Å²) in [6.45, 7) is 0. The average molecular weight is 499 g/mol. The van der Waals surface area contributed by atoms with Crippen molar-refractivity contribution in [3.8, 4) is 17.1 Å². The van der Waals surface area contributed by atoms with Crippen LogP contribution in [0.1, 0.15) is 5.56 Å². The number of nitrogens with zero attached hydrogens (tertiary/aromatic N) is 3. The van der Waals surface area contributed by atoms with Gasteiger partial charge in [0.2, 0.25) is 0 Å².